The molecule has 0 spiro atoms. The van der Waals surface area contributed by atoms with Crippen LogP contribution in [-0.4, -0.2) is 22.4 Å². The first-order chi connectivity index (χ1) is 10.2. The van der Waals surface area contributed by atoms with Crippen molar-refractivity contribution in [2.75, 3.05) is 11.9 Å². The molecule has 1 amide bonds. The molecule has 0 aliphatic rings. The molecule has 0 saturated heterocycles. The van der Waals surface area contributed by atoms with E-state index in [9.17, 15) is 9.18 Å². The van der Waals surface area contributed by atoms with Gasteiger partial charge in [0.05, 0.1) is 0 Å². The second kappa shape index (κ2) is 7.33. The Kier molecular flexibility index (Phi) is 5.20. The zero-order valence-corrected chi connectivity index (χ0v) is 11.8. The van der Waals surface area contributed by atoms with Gasteiger partial charge >= 0.3 is 0 Å². The topological polar surface area (TPSA) is 66.9 Å². The maximum atomic E-state index is 13.5. The summed E-state index contributed by atoms with van der Waals surface area (Å²) < 4.78 is 13.5. The Morgan fingerprint density at radius 2 is 2.10 bits per heavy atom. The lowest BCUT2D eigenvalue weighted by Crippen LogP contribution is -2.24. The van der Waals surface area contributed by atoms with Gasteiger partial charge in [0.15, 0.2) is 0 Å². The summed E-state index contributed by atoms with van der Waals surface area (Å²) in [5.74, 6) is -0.290. The second-order valence-electron chi connectivity index (χ2n) is 4.47. The third-order valence-corrected chi connectivity index (χ3v) is 2.82. The highest BCUT2D eigenvalue weighted by Crippen LogP contribution is 2.06. The lowest BCUT2D eigenvalue weighted by Gasteiger charge is -2.07. The molecule has 0 fully saturated rings. The molecule has 1 aromatic heterocycles. The van der Waals surface area contributed by atoms with E-state index in [2.05, 4.69) is 20.6 Å². The fourth-order valence-corrected chi connectivity index (χ4v) is 1.71. The Hall–Kier alpha value is -2.50. The van der Waals surface area contributed by atoms with E-state index in [4.69, 9.17) is 0 Å². The third kappa shape index (κ3) is 4.24. The van der Waals surface area contributed by atoms with Crippen LogP contribution in [0.5, 0.6) is 0 Å². The van der Waals surface area contributed by atoms with Crippen LogP contribution in [0.2, 0.25) is 0 Å². The molecule has 1 heterocycles. The predicted octanol–water partition coefficient (Wildman–Crippen LogP) is 2.37. The number of carbonyl (C=O) groups excluding carboxylic acids is 1. The smallest absolute Gasteiger partial charge is 0.270 e. The Labute approximate surface area is 122 Å². The number of aromatic nitrogens is 2. The van der Waals surface area contributed by atoms with Crippen LogP contribution in [0.1, 0.15) is 29.4 Å². The number of benzene rings is 1. The molecule has 2 aromatic rings. The zero-order valence-electron chi connectivity index (χ0n) is 11.8. The Balaban J connectivity index is 1.98. The van der Waals surface area contributed by atoms with Crippen LogP contribution in [-0.2, 0) is 6.54 Å². The molecule has 2 N–H and O–H groups in total. The van der Waals surface area contributed by atoms with Gasteiger partial charge < -0.3 is 10.6 Å². The summed E-state index contributed by atoms with van der Waals surface area (Å²) in [6.45, 7) is 2.88. The van der Waals surface area contributed by atoms with E-state index in [1.165, 1.54) is 18.3 Å². The third-order valence-electron chi connectivity index (χ3n) is 2.82. The maximum Gasteiger partial charge on any atom is 0.270 e. The van der Waals surface area contributed by atoms with Crippen LogP contribution >= 0.6 is 0 Å². The normalized spacial score (nSPS) is 10.2. The summed E-state index contributed by atoms with van der Waals surface area (Å²) in [4.78, 5) is 20.2. The first kappa shape index (κ1) is 14.9. The van der Waals surface area contributed by atoms with Crippen molar-refractivity contribution < 1.29 is 9.18 Å². The number of carbonyl (C=O) groups is 1. The van der Waals surface area contributed by atoms with E-state index in [-0.39, 0.29) is 24.0 Å². The number of hydrogen-bond acceptors (Lipinski definition) is 4. The van der Waals surface area contributed by atoms with E-state index >= 15 is 0 Å². The van der Waals surface area contributed by atoms with Gasteiger partial charge in [-0.1, -0.05) is 25.1 Å². The molecule has 0 radical (unpaired) electrons. The van der Waals surface area contributed by atoms with E-state index in [1.807, 2.05) is 6.92 Å². The van der Waals surface area contributed by atoms with E-state index in [0.717, 1.165) is 13.0 Å². The fraction of sp³-hybridized carbons (Fsp3) is 0.267. The van der Waals surface area contributed by atoms with E-state index < -0.39 is 0 Å². The van der Waals surface area contributed by atoms with E-state index in [0.29, 0.717) is 11.5 Å². The SMILES string of the molecule is CCCNc1nccc(C(=O)NCc2ccccc2F)n1. The van der Waals surface area contributed by atoms with Crippen molar-refractivity contribution in [2.45, 2.75) is 19.9 Å². The number of anilines is 1. The molecule has 0 atom stereocenters. The molecule has 0 aliphatic carbocycles. The number of rotatable bonds is 6. The minimum atomic E-state index is -0.361. The van der Waals surface area contributed by atoms with Crippen LogP contribution in [0, 0.1) is 5.82 Å². The standard InChI is InChI=1S/C15H17FN4O/c1-2-8-17-15-18-9-7-13(20-15)14(21)19-10-11-5-3-4-6-12(11)16/h3-7,9H,2,8,10H2,1H3,(H,19,21)(H,17,18,20). The van der Waals surface area contributed by atoms with Gasteiger partial charge in [-0.25, -0.2) is 14.4 Å². The summed E-state index contributed by atoms with van der Waals surface area (Å²) >= 11 is 0. The lowest BCUT2D eigenvalue weighted by molar-refractivity contribution is 0.0945. The first-order valence-corrected chi connectivity index (χ1v) is 6.79. The minimum Gasteiger partial charge on any atom is -0.354 e. The molecule has 0 bridgehead atoms. The number of halogens is 1. The van der Waals surface area contributed by atoms with Crippen LogP contribution in [0.15, 0.2) is 36.5 Å². The minimum absolute atomic E-state index is 0.118. The van der Waals surface area contributed by atoms with Crippen molar-refractivity contribution in [2.24, 2.45) is 0 Å². The molecule has 0 unspecified atom stereocenters. The van der Waals surface area contributed by atoms with Gasteiger partial charge in [0.25, 0.3) is 5.91 Å². The molecular weight excluding hydrogens is 271 g/mol. The van der Waals surface area contributed by atoms with Crippen LogP contribution in [0.4, 0.5) is 10.3 Å². The molecule has 110 valence electrons. The van der Waals surface area contributed by atoms with Crippen molar-refractivity contribution in [3.05, 3.63) is 53.6 Å². The molecular formula is C15H17FN4O. The number of nitrogens with one attached hydrogen (secondary N) is 2. The number of hydrogen-bond donors (Lipinski definition) is 2. The first-order valence-electron chi connectivity index (χ1n) is 6.79. The van der Waals surface area contributed by atoms with Crippen molar-refractivity contribution in [1.82, 2.24) is 15.3 Å². The Morgan fingerprint density at radius 3 is 2.86 bits per heavy atom. The maximum absolute atomic E-state index is 13.5. The summed E-state index contributed by atoms with van der Waals surface area (Å²) in [6.07, 6.45) is 2.45. The highest BCUT2D eigenvalue weighted by atomic mass is 19.1. The highest BCUT2D eigenvalue weighted by molar-refractivity contribution is 5.92. The van der Waals surface area contributed by atoms with Gasteiger partial charge in [0.2, 0.25) is 5.95 Å². The van der Waals surface area contributed by atoms with Gasteiger partial charge in [-0.3, -0.25) is 4.79 Å². The van der Waals surface area contributed by atoms with Crippen molar-refractivity contribution in [3.8, 4) is 0 Å². The van der Waals surface area contributed by atoms with Gasteiger partial charge in [-0.2, -0.15) is 0 Å². The summed E-state index contributed by atoms with van der Waals surface area (Å²) in [6, 6.07) is 7.84. The molecule has 5 nitrogen and oxygen atoms in total. The molecule has 0 aliphatic heterocycles. The van der Waals surface area contributed by atoms with Gasteiger partial charge in [0, 0.05) is 24.8 Å². The van der Waals surface area contributed by atoms with Crippen molar-refractivity contribution in [1.29, 1.82) is 0 Å². The lowest BCUT2D eigenvalue weighted by atomic mass is 10.2. The zero-order chi connectivity index (χ0) is 15.1. The molecule has 6 heteroatoms. The highest BCUT2D eigenvalue weighted by Gasteiger charge is 2.09. The van der Waals surface area contributed by atoms with E-state index in [1.54, 1.807) is 18.2 Å². The Morgan fingerprint density at radius 1 is 1.29 bits per heavy atom. The van der Waals surface area contributed by atoms with Crippen molar-refractivity contribution in [3.63, 3.8) is 0 Å². The molecule has 0 saturated carbocycles. The van der Waals surface area contributed by atoms with Crippen LogP contribution in [0.3, 0.4) is 0 Å². The number of nitrogens with zero attached hydrogens (tertiary/aromatic N) is 2. The average Bonchev–Trinajstić information content (AvgIpc) is 2.52. The molecule has 2 rings (SSSR count). The van der Waals surface area contributed by atoms with Gasteiger partial charge in [0.1, 0.15) is 11.5 Å². The van der Waals surface area contributed by atoms with Gasteiger partial charge in [-0.05, 0) is 18.6 Å². The Bertz CT molecular complexity index is 618. The molecule has 21 heavy (non-hydrogen) atoms. The largest absolute Gasteiger partial charge is 0.354 e. The summed E-state index contributed by atoms with van der Waals surface area (Å²) in [5, 5.41) is 5.65. The summed E-state index contributed by atoms with van der Waals surface area (Å²) in [7, 11) is 0. The molecule has 1 aromatic carbocycles. The van der Waals surface area contributed by atoms with Crippen LogP contribution in [0.25, 0.3) is 0 Å². The van der Waals surface area contributed by atoms with Gasteiger partial charge in [-0.15, -0.1) is 0 Å². The second-order valence-corrected chi connectivity index (χ2v) is 4.47. The quantitative estimate of drug-likeness (QED) is 0.856. The number of amides is 1. The average molecular weight is 288 g/mol. The van der Waals surface area contributed by atoms with Crippen molar-refractivity contribution >= 4 is 11.9 Å². The monoisotopic (exact) mass is 288 g/mol. The summed E-state index contributed by atoms with van der Waals surface area (Å²) in [5.41, 5.74) is 0.684. The predicted molar refractivity (Wildman–Crippen MR) is 78.4 cm³/mol. The van der Waals surface area contributed by atoms with Crippen LogP contribution < -0.4 is 10.6 Å². The fourth-order valence-electron chi connectivity index (χ4n) is 1.71.